The van der Waals surface area contributed by atoms with Crippen LogP contribution in [-0.4, -0.2) is 6.03 Å². The number of para-hydroxylation sites is 1. The minimum atomic E-state index is -0.253. The lowest BCUT2D eigenvalue weighted by molar-refractivity contribution is 0.250. The Morgan fingerprint density at radius 1 is 0.533 bits per heavy atom. The predicted molar refractivity (Wildman–Crippen MR) is 123 cm³/mol. The highest BCUT2D eigenvalue weighted by molar-refractivity contribution is 5.90. The van der Waals surface area contributed by atoms with E-state index in [1.54, 1.807) is 0 Å². The lowest BCUT2D eigenvalue weighted by atomic mass is 9.99. The quantitative estimate of drug-likeness (QED) is 0.358. The Labute approximate surface area is 176 Å². The normalized spacial score (nSPS) is 10.4. The predicted octanol–water partition coefficient (Wildman–Crippen LogP) is 6.34. The fourth-order valence-corrected chi connectivity index (χ4v) is 3.27. The molecule has 0 fully saturated rings. The zero-order valence-electron chi connectivity index (χ0n) is 16.5. The zero-order chi connectivity index (χ0) is 20.6. The number of benzene rings is 4. The molecule has 0 saturated carbocycles. The Hall–Kier alpha value is -4.05. The molecule has 3 N–H and O–H groups in total. The van der Waals surface area contributed by atoms with Crippen molar-refractivity contribution in [2.24, 2.45) is 0 Å². The Kier molecular flexibility index (Phi) is 6.06. The lowest BCUT2D eigenvalue weighted by Gasteiger charge is -2.20. The highest BCUT2D eigenvalue weighted by atomic mass is 16.2. The van der Waals surface area contributed by atoms with Crippen LogP contribution in [0.5, 0.6) is 0 Å². The van der Waals surface area contributed by atoms with E-state index >= 15 is 0 Å². The monoisotopic (exact) mass is 393 g/mol. The van der Waals surface area contributed by atoms with Gasteiger partial charge in [-0.25, -0.2) is 4.79 Å². The third kappa shape index (κ3) is 5.06. The number of hydrogen-bond acceptors (Lipinski definition) is 2. The minimum absolute atomic E-state index is 0.230. The molecule has 0 atom stereocenters. The molecule has 4 rings (SSSR count). The first-order valence-electron chi connectivity index (χ1n) is 9.87. The number of hydrogen-bond donors (Lipinski definition) is 3. The van der Waals surface area contributed by atoms with Gasteiger partial charge in [-0.2, -0.15) is 0 Å². The molecule has 0 aliphatic heterocycles. The van der Waals surface area contributed by atoms with Gasteiger partial charge in [0.25, 0.3) is 0 Å². The average Bonchev–Trinajstić information content (AvgIpc) is 2.81. The summed E-state index contributed by atoms with van der Waals surface area (Å²) in [5.41, 5.74) is 4.76. The molecule has 148 valence electrons. The van der Waals surface area contributed by atoms with Crippen molar-refractivity contribution in [2.75, 3.05) is 10.6 Å². The number of carbonyl (C=O) groups excluding carboxylic acids is 1. The highest BCUT2D eigenvalue weighted by Gasteiger charge is 2.16. The van der Waals surface area contributed by atoms with Crippen molar-refractivity contribution in [1.82, 2.24) is 5.32 Å². The summed E-state index contributed by atoms with van der Waals surface area (Å²) in [7, 11) is 0. The van der Waals surface area contributed by atoms with Gasteiger partial charge in [-0.15, -0.1) is 0 Å². The zero-order valence-corrected chi connectivity index (χ0v) is 16.5. The first-order chi connectivity index (χ1) is 14.8. The van der Waals surface area contributed by atoms with Crippen molar-refractivity contribution in [3.63, 3.8) is 0 Å². The summed E-state index contributed by atoms with van der Waals surface area (Å²) in [6, 6.07) is 37.0. The van der Waals surface area contributed by atoms with Gasteiger partial charge in [-0.3, -0.25) is 0 Å². The molecule has 0 aliphatic rings. The Bertz CT molecular complexity index is 1030. The van der Waals surface area contributed by atoms with E-state index in [0.717, 1.165) is 28.2 Å². The largest absolute Gasteiger partial charge is 0.356 e. The Morgan fingerprint density at radius 3 is 1.50 bits per heavy atom. The van der Waals surface area contributed by atoms with Crippen LogP contribution >= 0.6 is 0 Å². The van der Waals surface area contributed by atoms with Crippen molar-refractivity contribution in [2.45, 2.75) is 6.04 Å². The molecule has 0 spiro atoms. The van der Waals surface area contributed by atoms with E-state index in [2.05, 4.69) is 16.0 Å². The summed E-state index contributed by atoms with van der Waals surface area (Å²) in [4.78, 5) is 12.7. The van der Waals surface area contributed by atoms with Gasteiger partial charge >= 0.3 is 6.03 Å². The second-order valence-electron chi connectivity index (χ2n) is 6.92. The van der Waals surface area contributed by atoms with Crippen LogP contribution in [0.3, 0.4) is 0 Å². The second kappa shape index (κ2) is 9.43. The van der Waals surface area contributed by atoms with E-state index in [0.29, 0.717) is 0 Å². The number of nitrogens with one attached hydrogen (secondary N) is 3. The summed E-state index contributed by atoms with van der Waals surface area (Å²) >= 11 is 0. The van der Waals surface area contributed by atoms with Gasteiger partial charge in [0.05, 0.1) is 6.04 Å². The van der Waals surface area contributed by atoms with E-state index in [9.17, 15) is 4.79 Å². The number of urea groups is 1. The van der Waals surface area contributed by atoms with Crippen LogP contribution in [0.2, 0.25) is 0 Å². The molecule has 0 bridgehead atoms. The molecule has 0 unspecified atom stereocenters. The lowest BCUT2D eigenvalue weighted by Crippen LogP contribution is -2.33. The third-order valence-corrected chi connectivity index (χ3v) is 4.75. The van der Waals surface area contributed by atoms with Crippen LogP contribution in [0.15, 0.2) is 115 Å². The first kappa shape index (κ1) is 19.3. The smallest absolute Gasteiger partial charge is 0.319 e. The van der Waals surface area contributed by atoms with Gasteiger partial charge < -0.3 is 16.0 Å². The fraction of sp³-hybridized carbons (Fsp3) is 0.0385. The summed E-state index contributed by atoms with van der Waals surface area (Å²) in [5.74, 6) is 0. The highest BCUT2D eigenvalue weighted by Crippen LogP contribution is 2.22. The topological polar surface area (TPSA) is 53.2 Å². The van der Waals surface area contributed by atoms with E-state index in [1.807, 2.05) is 115 Å². The van der Waals surface area contributed by atoms with Crippen LogP contribution in [0.4, 0.5) is 21.9 Å². The van der Waals surface area contributed by atoms with Gasteiger partial charge in [-0.1, -0.05) is 78.9 Å². The van der Waals surface area contributed by atoms with Crippen LogP contribution in [0.25, 0.3) is 0 Å². The maximum Gasteiger partial charge on any atom is 0.319 e. The second-order valence-corrected chi connectivity index (χ2v) is 6.92. The molecule has 0 aromatic heterocycles. The number of amides is 2. The van der Waals surface area contributed by atoms with E-state index in [1.165, 1.54) is 0 Å². The molecule has 4 nitrogen and oxygen atoms in total. The molecule has 0 heterocycles. The van der Waals surface area contributed by atoms with Crippen molar-refractivity contribution in [3.05, 3.63) is 126 Å². The van der Waals surface area contributed by atoms with Crippen LogP contribution < -0.4 is 16.0 Å². The number of carbonyl (C=O) groups is 1. The van der Waals surface area contributed by atoms with Crippen LogP contribution in [0.1, 0.15) is 17.2 Å². The van der Waals surface area contributed by atoms with Crippen molar-refractivity contribution in [1.29, 1.82) is 0 Å². The van der Waals surface area contributed by atoms with E-state index < -0.39 is 0 Å². The maximum absolute atomic E-state index is 12.7. The SMILES string of the molecule is O=C(Nc1ccc(Nc2ccccc2)cc1)NC(c1ccccc1)c1ccccc1. The van der Waals surface area contributed by atoms with Crippen LogP contribution in [-0.2, 0) is 0 Å². The number of anilines is 3. The van der Waals surface area contributed by atoms with Gasteiger partial charge in [0.2, 0.25) is 0 Å². The van der Waals surface area contributed by atoms with Gasteiger partial charge in [-0.05, 0) is 47.5 Å². The first-order valence-corrected chi connectivity index (χ1v) is 9.87. The molecule has 2 amide bonds. The molecule has 30 heavy (non-hydrogen) atoms. The summed E-state index contributed by atoms with van der Waals surface area (Å²) in [6.45, 7) is 0. The summed E-state index contributed by atoms with van der Waals surface area (Å²) in [6.07, 6.45) is 0. The summed E-state index contributed by atoms with van der Waals surface area (Å²) < 4.78 is 0. The molecular formula is C26H23N3O. The standard InChI is InChI=1S/C26H23N3O/c30-26(28-24-18-16-23(17-19-24)27-22-14-8-3-9-15-22)29-25(20-10-4-1-5-11-20)21-12-6-2-7-13-21/h1-19,25,27H,(H2,28,29,30). The van der Waals surface area contributed by atoms with Crippen molar-refractivity contribution >= 4 is 23.1 Å². The van der Waals surface area contributed by atoms with Crippen LogP contribution in [0, 0.1) is 0 Å². The maximum atomic E-state index is 12.7. The average molecular weight is 393 g/mol. The fourth-order valence-electron chi connectivity index (χ4n) is 3.27. The van der Waals surface area contributed by atoms with Gasteiger partial charge in [0.1, 0.15) is 0 Å². The molecule has 0 radical (unpaired) electrons. The minimum Gasteiger partial charge on any atom is -0.356 e. The third-order valence-electron chi connectivity index (χ3n) is 4.75. The molecule has 4 heteroatoms. The Balaban J connectivity index is 1.43. The number of rotatable bonds is 6. The molecule has 0 aliphatic carbocycles. The molecule has 4 aromatic carbocycles. The summed E-state index contributed by atoms with van der Waals surface area (Å²) in [5, 5.41) is 9.34. The van der Waals surface area contributed by atoms with Gasteiger partial charge in [0, 0.05) is 17.1 Å². The Morgan fingerprint density at radius 2 is 0.967 bits per heavy atom. The molecule has 4 aromatic rings. The van der Waals surface area contributed by atoms with E-state index in [4.69, 9.17) is 0 Å². The van der Waals surface area contributed by atoms with Crippen molar-refractivity contribution < 1.29 is 4.79 Å². The molecule has 0 saturated heterocycles. The van der Waals surface area contributed by atoms with E-state index in [-0.39, 0.29) is 12.1 Å². The molecular weight excluding hydrogens is 370 g/mol. The van der Waals surface area contributed by atoms with Crippen molar-refractivity contribution in [3.8, 4) is 0 Å². The van der Waals surface area contributed by atoms with Gasteiger partial charge in [0.15, 0.2) is 0 Å².